The fourth-order valence-electron chi connectivity index (χ4n) is 6.41. The summed E-state index contributed by atoms with van der Waals surface area (Å²) in [7, 11) is 0. The molecule has 1 atom stereocenters. The van der Waals surface area contributed by atoms with Crippen molar-refractivity contribution in [2.45, 2.75) is 238 Å². The molecule has 52 heavy (non-hydrogen) atoms. The minimum absolute atomic E-state index is 0.116. The molecule has 0 amide bonds. The van der Waals surface area contributed by atoms with Gasteiger partial charge in [0.15, 0.2) is 0 Å². The van der Waals surface area contributed by atoms with Gasteiger partial charge < -0.3 is 14.6 Å². The SMILES string of the molecule is CCCCC/C=C\C/C=C\CCCCCCCCCCCC(=O)OC[C@H](O)COC(=O)CCCCCCCCCCC/C=C\CCCCCCCC. The van der Waals surface area contributed by atoms with Crippen LogP contribution in [0.3, 0.4) is 0 Å². The summed E-state index contributed by atoms with van der Waals surface area (Å²) in [6.45, 7) is 4.29. The molecule has 0 aliphatic heterocycles. The van der Waals surface area contributed by atoms with Crippen molar-refractivity contribution in [3.8, 4) is 0 Å². The van der Waals surface area contributed by atoms with E-state index in [0.29, 0.717) is 12.8 Å². The van der Waals surface area contributed by atoms with Gasteiger partial charge in [0.05, 0.1) is 0 Å². The largest absolute Gasteiger partial charge is 0.463 e. The Morgan fingerprint density at radius 1 is 0.404 bits per heavy atom. The lowest BCUT2D eigenvalue weighted by Gasteiger charge is -2.12. The Bertz CT molecular complexity index is 832. The molecule has 1 N–H and O–H groups in total. The second-order valence-electron chi connectivity index (χ2n) is 15.2. The van der Waals surface area contributed by atoms with E-state index in [2.05, 4.69) is 50.3 Å². The molecule has 0 saturated heterocycles. The van der Waals surface area contributed by atoms with Gasteiger partial charge in [-0.15, -0.1) is 0 Å². The van der Waals surface area contributed by atoms with Crippen molar-refractivity contribution < 1.29 is 24.2 Å². The van der Waals surface area contributed by atoms with Crippen LogP contribution in [-0.4, -0.2) is 36.4 Å². The second kappa shape index (κ2) is 43.5. The molecule has 0 fully saturated rings. The molecule has 0 aliphatic carbocycles. The van der Waals surface area contributed by atoms with Crippen LogP contribution in [0.15, 0.2) is 36.5 Å². The number of aliphatic hydroxyl groups is 1. The summed E-state index contributed by atoms with van der Waals surface area (Å²) in [6, 6.07) is 0. The molecule has 0 radical (unpaired) electrons. The summed E-state index contributed by atoms with van der Waals surface area (Å²) >= 11 is 0. The molecule has 0 spiro atoms. The van der Waals surface area contributed by atoms with E-state index in [9.17, 15) is 14.7 Å². The molecule has 304 valence electrons. The molecular formula is C47H86O5. The van der Waals surface area contributed by atoms with E-state index in [0.717, 1.165) is 44.9 Å². The average molecular weight is 731 g/mol. The van der Waals surface area contributed by atoms with Crippen LogP contribution in [0, 0.1) is 0 Å². The highest BCUT2D eigenvalue weighted by atomic mass is 16.6. The van der Waals surface area contributed by atoms with Crippen molar-refractivity contribution >= 4 is 11.9 Å². The molecule has 0 heterocycles. The van der Waals surface area contributed by atoms with Gasteiger partial charge >= 0.3 is 11.9 Å². The molecule has 0 unspecified atom stereocenters. The number of ether oxygens (including phenoxy) is 2. The molecule has 0 aromatic carbocycles. The van der Waals surface area contributed by atoms with E-state index in [1.165, 1.54) is 161 Å². The summed E-state index contributed by atoms with van der Waals surface area (Å²) in [5, 5.41) is 10.1. The van der Waals surface area contributed by atoms with Gasteiger partial charge in [-0.3, -0.25) is 9.59 Å². The molecule has 5 heteroatoms. The Kier molecular flexibility index (Phi) is 42.0. The maximum absolute atomic E-state index is 12.0. The molecule has 0 saturated carbocycles. The van der Waals surface area contributed by atoms with Gasteiger partial charge in [-0.25, -0.2) is 0 Å². The quantitative estimate of drug-likeness (QED) is 0.0385. The Hall–Kier alpha value is -1.88. The first kappa shape index (κ1) is 50.1. The molecule has 0 bridgehead atoms. The standard InChI is InChI=1S/C47H86O5/c1-3-5-7-9-11-13-15-17-19-21-23-25-27-29-31-33-35-37-39-41-46(49)51-43-45(48)44-52-47(50)42-40-38-36-34-32-30-28-26-24-22-20-18-16-14-12-10-8-6-4-2/h11,13,17-20,45,48H,3-10,12,14-16,21-44H2,1-2H3/b13-11-,19-17-,20-18-/t45-/m0/s1. The monoisotopic (exact) mass is 731 g/mol. The normalized spacial score (nSPS) is 12.4. The summed E-state index contributed by atoms with van der Waals surface area (Å²) in [5.74, 6) is -0.566. The lowest BCUT2D eigenvalue weighted by atomic mass is 10.1. The number of rotatable bonds is 41. The van der Waals surface area contributed by atoms with E-state index in [4.69, 9.17) is 9.47 Å². The highest BCUT2D eigenvalue weighted by Gasteiger charge is 2.12. The number of hydrogen-bond donors (Lipinski definition) is 1. The Balaban J connectivity index is 3.41. The van der Waals surface area contributed by atoms with Crippen molar-refractivity contribution in [1.82, 2.24) is 0 Å². The summed E-state index contributed by atoms with van der Waals surface area (Å²) in [6.07, 6.45) is 53.5. The fourth-order valence-corrected chi connectivity index (χ4v) is 6.41. The van der Waals surface area contributed by atoms with E-state index < -0.39 is 6.10 Å². The van der Waals surface area contributed by atoms with Gasteiger partial charge in [0.25, 0.3) is 0 Å². The number of carbonyl (C=O) groups excluding carboxylic acids is 2. The maximum Gasteiger partial charge on any atom is 0.305 e. The minimum atomic E-state index is -0.965. The highest BCUT2D eigenvalue weighted by Crippen LogP contribution is 2.14. The van der Waals surface area contributed by atoms with Gasteiger partial charge in [-0.1, -0.05) is 185 Å². The van der Waals surface area contributed by atoms with Crippen LogP contribution in [0.4, 0.5) is 0 Å². The lowest BCUT2D eigenvalue weighted by Crippen LogP contribution is -2.25. The average Bonchev–Trinajstić information content (AvgIpc) is 3.15. The number of unbranched alkanes of at least 4 members (excludes halogenated alkanes) is 27. The zero-order chi connectivity index (χ0) is 37.8. The maximum atomic E-state index is 12.0. The second-order valence-corrected chi connectivity index (χ2v) is 15.2. The van der Waals surface area contributed by atoms with E-state index in [1.54, 1.807) is 0 Å². The van der Waals surface area contributed by atoms with Crippen molar-refractivity contribution in [3.05, 3.63) is 36.5 Å². The van der Waals surface area contributed by atoms with Gasteiger partial charge in [-0.05, 0) is 70.6 Å². The first-order valence-electron chi connectivity index (χ1n) is 22.5. The predicted octanol–water partition coefficient (Wildman–Crippen LogP) is 14.4. The summed E-state index contributed by atoms with van der Waals surface area (Å²) in [4.78, 5) is 24.0. The number of esters is 2. The van der Waals surface area contributed by atoms with Crippen LogP contribution >= 0.6 is 0 Å². The molecule has 0 aliphatic rings. The molecular weight excluding hydrogens is 645 g/mol. The Morgan fingerprint density at radius 2 is 0.673 bits per heavy atom. The van der Waals surface area contributed by atoms with Crippen LogP contribution in [0.2, 0.25) is 0 Å². The molecule has 0 aromatic rings. The summed E-state index contributed by atoms with van der Waals surface area (Å²) < 4.78 is 10.4. The van der Waals surface area contributed by atoms with Crippen molar-refractivity contribution in [1.29, 1.82) is 0 Å². The van der Waals surface area contributed by atoms with Crippen LogP contribution in [0.5, 0.6) is 0 Å². The number of allylic oxidation sites excluding steroid dienone is 6. The zero-order valence-corrected chi connectivity index (χ0v) is 34.6. The van der Waals surface area contributed by atoms with Gasteiger partial charge in [0, 0.05) is 12.8 Å². The van der Waals surface area contributed by atoms with Crippen molar-refractivity contribution in [2.24, 2.45) is 0 Å². The first-order chi connectivity index (χ1) is 25.6. The molecule has 5 nitrogen and oxygen atoms in total. The Morgan fingerprint density at radius 3 is 1.04 bits per heavy atom. The zero-order valence-electron chi connectivity index (χ0n) is 34.6. The third kappa shape index (κ3) is 42.5. The van der Waals surface area contributed by atoms with Gasteiger partial charge in [0.1, 0.15) is 19.3 Å². The first-order valence-corrected chi connectivity index (χ1v) is 22.5. The summed E-state index contributed by atoms with van der Waals surface area (Å²) in [5.41, 5.74) is 0. The van der Waals surface area contributed by atoms with Crippen molar-refractivity contribution in [2.75, 3.05) is 13.2 Å². The Labute approximate surface area is 323 Å². The lowest BCUT2D eigenvalue weighted by molar-refractivity contribution is -0.152. The predicted molar refractivity (Wildman–Crippen MR) is 224 cm³/mol. The third-order valence-corrected chi connectivity index (χ3v) is 9.85. The third-order valence-electron chi connectivity index (χ3n) is 9.85. The minimum Gasteiger partial charge on any atom is -0.463 e. The van der Waals surface area contributed by atoms with Crippen LogP contribution in [0.25, 0.3) is 0 Å². The fraction of sp³-hybridized carbons (Fsp3) is 0.830. The van der Waals surface area contributed by atoms with E-state index >= 15 is 0 Å². The van der Waals surface area contributed by atoms with Crippen molar-refractivity contribution in [3.63, 3.8) is 0 Å². The number of aliphatic hydroxyl groups excluding tert-OH is 1. The molecule has 0 aromatic heterocycles. The van der Waals surface area contributed by atoms with Gasteiger partial charge in [-0.2, -0.15) is 0 Å². The smallest absolute Gasteiger partial charge is 0.305 e. The van der Waals surface area contributed by atoms with Crippen LogP contribution in [-0.2, 0) is 19.1 Å². The number of hydrogen-bond acceptors (Lipinski definition) is 5. The van der Waals surface area contributed by atoms with Crippen LogP contribution in [0.1, 0.15) is 232 Å². The van der Waals surface area contributed by atoms with Gasteiger partial charge in [0.2, 0.25) is 0 Å². The molecule has 0 rings (SSSR count). The topological polar surface area (TPSA) is 72.8 Å². The number of carbonyl (C=O) groups is 2. The van der Waals surface area contributed by atoms with Crippen LogP contribution < -0.4 is 0 Å². The highest BCUT2D eigenvalue weighted by molar-refractivity contribution is 5.69. The van der Waals surface area contributed by atoms with E-state index in [-0.39, 0.29) is 25.2 Å². The van der Waals surface area contributed by atoms with E-state index in [1.807, 2.05) is 0 Å².